The first kappa shape index (κ1) is 24.3. The van der Waals surface area contributed by atoms with Gasteiger partial charge in [-0.25, -0.2) is 4.79 Å². The van der Waals surface area contributed by atoms with Crippen LogP contribution in [-0.4, -0.2) is 16.1 Å². The molecule has 0 bridgehead atoms. The Balaban J connectivity index is 1.74. The number of rotatable bonds is 6. The van der Waals surface area contributed by atoms with Gasteiger partial charge in [0.1, 0.15) is 12.4 Å². The van der Waals surface area contributed by atoms with Crippen molar-refractivity contribution in [1.29, 1.82) is 0 Å². The van der Waals surface area contributed by atoms with Crippen LogP contribution in [0.5, 0.6) is 5.75 Å². The molecule has 3 aromatic rings. The van der Waals surface area contributed by atoms with Gasteiger partial charge >= 0.3 is 12.1 Å². The molecule has 1 N–H and O–H groups in total. The van der Waals surface area contributed by atoms with Crippen molar-refractivity contribution in [2.45, 2.75) is 32.0 Å². The summed E-state index contributed by atoms with van der Waals surface area (Å²) >= 11 is 9.42. The van der Waals surface area contributed by atoms with Crippen LogP contribution in [0.2, 0.25) is 5.02 Å². The first-order valence-corrected chi connectivity index (χ1v) is 11.5. The van der Waals surface area contributed by atoms with Gasteiger partial charge in [-0.2, -0.15) is 13.2 Å². The molecule has 2 aromatic carbocycles. The number of hydrogen-bond acceptors (Lipinski definition) is 3. The average molecular weight is 553 g/mol. The van der Waals surface area contributed by atoms with E-state index in [1.807, 2.05) is 30.3 Å². The minimum atomic E-state index is -4.86. The van der Waals surface area contributed by atoms with E-state index in [4.69, 9.17) is 16.3 Å². The van der Waals surface area contributed by atoms with Gasteiger partial charge in [0.25, 0.3) is 0 Å². The first-order valence-electron chi connectivity index (χ1n) is 10.3. The lowest BCUT2D eigenvalue weighted by atomic mass is 9.96. The van der Waals surface area contributed by atoms with Gasteiger partial charge in [-0.3, -0.25) is 4.98 Å². The summed E-state index contributed by atoms with van der Waals surface area (Å²) in [5, 5.41) is 9.99. The molecule has 0 amide bonds. The van der Waals surface area contributed by atoms with Crippen LogP contribution < -0.4 is 4.74 Å². The molecule has 0 radical (unpaired) electrons. The Kier molecular flexibility index (Phi) is 7.00. The highest BCUT2D eigenvalue weighted by Crippen LogP contribution is 2.44. The minimum absolute atomic E-state index is 0.305. The molecule has 0 saturated carbocycles. The molecule has 4 nitrogen and oxygen atoms in total. The lowest BCUT2D eigenvalue weighted by Gasteiger charge is -2.16. The largest absolute Gasteiger partial charge is 0.488 e. The van der Waals surface area contributed by atoms with Gasteiger partial charge in [0.05, 0.1) is 5.56 Å². The van der Waals surface area contributed by atoms with Crippen LogP contribution in [0, 0.1) is 0 Å². The fourth-order valence-electron chi connectivity index (χ4n) is 3.98. The molecule has 0 unspecified atom stereocenters. The monoisotopic (exact) mass is 551 g/mol. The predicted molar refractivity (Wildman–Crippen MR) is 127 cm³/mol. The molecule has 0 spiro atoms. The average Bonchev–Trinajstić information content (AvgIpc) is 3.28. The third-order valence-electron chi connectivity index (χ3n) is 5.53. The Morgan fingerprint density at radius 2 is 1.79 bits per heavy atom. The molecule has 1 aromatic heterocycles. The lowest BCUT2D eigenvalue weighted by Crippen LogP contribution is -2.15. The van der Waals surface area contributed by atoms with Crippen LogP contribution in [0.3, 0.4) is 0 Å². The van der Waals surface area contributed by atoms with Crippen molar-refractivity contribution in [3.05, 3.63) is 92.2 Å². The van der Waals surface area contributed by atoms with Crippen LogP contribution in [0.25, 0.3) is 11.1 Å². The third-order valence-corrected chi connectivity index (χ3v) is 6.27. The highest BCUT2D eigenvalue weighted by molar-refractivity contribution is 9.10. The number of aromatic nitrogens is 1. The van der Waals surface area contributed by atoms with E-state index in [0.29, 0.717) is 35.8 Å². The molecule has 4 rings (SSSR count). The van der Waals surface area contributed by atoms with E-state index in [0.717, 1.165) is 45.4 Å². The summed E-state index contributed by atoms with van der Waals surface area (Å²) in [6.45, 7) is 0.305. The molecular formula is C25H18BrClF3NO3. The van der Waals surface area contributed by atoms with E-state index in [9.17, 15) is 23.1 Å². The molecule has 0 fully saturated rings. The number of carboxylic acid groups (broad SMARTS) is 1. The summed E-state index contributed by atoms with van der Waals surface area (Å²) in [6, 6.07) is 13.9. The highest BCUT2D eigenvalue weighted by atomic mass is 79.9. The first-order chi connectivity index (χ1) is 16.1. The minimum Gasteiger partial charge on any atom is -0.488 e. The number of carbonyl (C=O) groups is 1. The number of carboxylic acids is 1. The zero-order valence-corrected chi connectivity index (χ0v) is 20.0. The highest BCUT2D eigenvalue weighted by Gasteiger charge is 2.38. The molecule has 0 atom stereocenters. The van der Waals surface area contributed by atoms with Gasteiger partial charge in [0.15, 0.2) is 5.69 Å². The Labute approximate surface area is 207 Å². The number of ether oxygens (including phenoxy) is 1. The number of alkyl halides is 3. The maximum Gasteiger partial charge on any atom is 0.434 e. The Morgan fingerprint density at radius 1 is 1.09 bits per heavy atom. The van der Waals surface area contributed by atoms with Crippen LogP contribution in [0.4, 0.5) is 13.2 Å². The van der Waals surface area contributed by atoms with Crippen LogP contribution in [0.15, 0.2) is 59.2 Å². The third kappa shape index (κ3) is 5.28. The maximum absolute atomic E-state index is 13.2. The van der Waals surface area contributed by atoms with E-state index in [2.05, 4.69) is 20.9 Å². The van der Waals surface area contributed by atoms with Crippen molar-refractivity contribution < 1.29 is 27.8 Å². The van der Waals surface area contributed by atoms with Crippen molar-refractivity contribution in [2.75, 3.05) is 0 Å². The second-order valence-corrected chi connectivity index (χ2v) is 9.14. The van der Waals surface area contributed by atoms with Gasteiger partial charge in [-0.15, -0.1) is 0 Å². The van der Waals surface area contributed by atoms with Gasteiger partial charge < -0.3 is 9.84 Å². The summed E-state index contributed by atoms with van der Waals surface area (Å²) in [6.07, 6.45) is -1.72. The molecule has 1 aliphatic rings. The van der Waals surface area contributed by atoms with Crippen molar-refractivity contribution in [3.8, 4) is 5.75 Å². The van der Waals surface area contributed by atoms with E-state index in [1.165, 1.54) is 0 Å². The standard InChI is InChI=1S/C25H18BrClF3NO3/c26-16-6-9-22(34-13-14-4-7-17(27)8-5-14)20(11-16)19-3-1-2-18(19)15-10-21(24(32)33)23(31-12-15)25(28,29)30/h4-12H,1-3,13H2,(H,32,33). The molecular weight excluding hydrogens is 535 g/mol. The number of benzene rings is 2. The lowest BCUT2D eigenvalue weighted by molar-refractivity contribution is -0.141. The molecule has 0 aliphatic heterocycles. The number of nitrogens with zero attached hydrogens (tertiary/aromatic N) is 1. The quantitative estimate of drug-likeness (QED) is 0.338. The Bertz CT molecular complexity index is 1270. The second-order valence-electron chi connectivity index (χ2n) is 7.79. The summed E-state index contributed by atoms with van der Waals surface area (Å²) in [4.78, 5) is 15.0. The van der Waals surface area contributed by atoms with Crippen LogP contribution in [0.1, 0.15) is 52.0 Å². The normalized spacial score (nSPS) is 13.9. The topological polar surface area (TPSA) is 59.4 Å². The molecule has 1 aliphatic carbocycles. The van der Waals surface area contributed by atoms with Crippen molar-refractivity contribution in [3.63, 3.8) is 0 Å². The number of allylic oxidation sites excluding steroid dienone is 2. The second kappa shape index (κ2) is 9.80. The summed E-state index contributed by atoms with van der Waals surface area (Å²) in [5.41, 5.74) is 1.48. The maximum atomic E-state index is 13.2. The molecule has 9 heteroatoms. The fraction of sp³-hybridized carbons (Fsp3) is 0.200. The Morgan fingerprint density at radius 3 is 2.47 bits per heavy atom. The number of pyridine rings is 1. The Hall–Kier alpha value is -2.84. The van der Waals surface area contributed by atoms with E-state index in [-0.39, 0.29) is 0 Å². The smallest absolute Gasteiger partial charge is 0.434 e. The van der Waals surface area contributed by atoms with Crippen LogP contribution in [-0.2, 0) is 12.8 Å². The van der Waals surface area contributed by atoms with Gasteiger partial charge in [-0.05, 0) is 77.9 Å². The van der Waals surface area contributed by atoms with Crippen molar-refractivity contribution in [1.82, 2.24) is 4.98 Å². The summed E-state index contributed by atoms with van der Waals surface area (Å²) in [5.74, 6) is -1.05. The number of halogens is 5. The summed E-state index contributed by atoms with van der Waals surface area (Å²) < 4.78 is 46.6. The number of aromatic carboxylic acids is 1. The van der Waals surface area contributed by atoms with Crippen LogP contribution >= 0.6 is 27.5 Å². The summed E-state index contributed by atoms with van der Waals surface area (Å²) in [7, 11) is 0. The zero-order valence-electron chi connectivity index (χ0n) is 17.6. The van der Waals surface area contributed by atoms with Gasteiger partial charge in [0.2, 0.25) is 0 Å². The predicted octanol–water partition coefficient (Wildman–Crippen LogP) is 7.89. The van der Waals surface area contributed by atoms with E-state index >= 15 is 0 Å². The van der Waals surface area contributed by atoms with Crippen molar-refractivity contribution in [2.24, 2.45) is 0 Å². The molecule has 34 heavy (non-hydrogen) atoms. The molecule has 176 valence electrons. The van der Waals surface area contributed by atoms with Gasteiger partial charge in [-0.1, -0.05) is 39.7 Å². The molecule has 1 heterocycles. The van der Waals surface area contributed by atoms with Gasteiger partial charge in [0, 0.05) is 21.3 Å². The SMILES string of the molecule is O=C(O)c1cc(C2=C(c3cc(Br)ccc3OCc3ccc(Cl)cc3)CCC2)cnc1C(F)(F)F. The van der Waals surface area contributed by atoms with E-state index in [1.54, 1.807) is 12.1 Å². The van der Waals surface area contributed by atoms with E-state index < -0.39 is 23.4 Å². The number of hydrogen-bond donors (Lipinski definition) is 1. The molecule has 0 saturated heterocycles. The van der Waals surface area contributed by atoms with Crippen molar-refractivity contribution >= 4 is 44.6 Å². The fourth-order valence-corrected chi connectivity index (χ4v) is 4.47. The zero-order chi connectivity index (χ0) is 24.5.